The van der Waals surface area contributed by atoms with Crippen molar-refractivity contribution in [3.63, 3.8) is 0 Å². The van der Waals surface area contributed by atoms with Crippen LogP contribution in [0, 0.1) is 18.3 Å². The first-order chi connectivity index (χ1) is 7.06. The van der Waals surface area contributed by atoms with Gasteiger partial charge in [0.1, 0.15) is 11.8 Å². The molecule has 78 valence electrons. The van der Waals surface area contributed by atoms with Crippen molar-refractivity contribution < 1.29 is 9.90 Å². The number of aryl methyl sites for hydroxylation is 1. The van der Waals surface area contributed by atoms with Crippen LogP contribution in [0.25, 0.3) is 0 Å². The van der Waals surface area contributed by atoms with Crippen molar-refractivity contribution in [1.29, 1.82) is 5.26 Å². The van der Waals surface area contributed by atoms with Crippen LogP contribution >= 0.6 is 0 Å². The van der Waals surface area contributed by atoms with Gasteiger partial charge in [-0.05, 0) is 25.5 Å². The molecule has 0 fully saturated rings. The molecule has 0 radical (unpaired) electrons. The average Bonchev–Trinajstić information content (AvgIpc) is 2.21. The van der Waals surface area contributed by atoms with Crippen molar-refractivity contribution in [2.45, 2.75) is 19.9 Å². The Morgan fingerprint density at radius 1 is 1.60 bits per heavy atom. The summed E-state index contributed by atoms with van der Waals surface area (Å²) < 4.78 is 0. The van der Waals surface area contributed by atoms with Gasteiger partial charge in [-0.2, -0.15) is 5.26 Å². The summed E-state index contributed by atoms with van der Waals surface area (Å²) in [5.41, 5.74) is 0.823. The number of amides is 1. The Hall–Kier alpha value is -2.02. The van der Waals surface area contributed by atoms with E-state index < -0.39 is 11.9 Å². The number of nitriles is 1. The quantitative estimate of drug-likeness (QED) is 0.763. The monoisotopic (exact) mass is 204 g/mol. The van der Waals surface area contributed by atoms with Crippen molar-refractivity contribution in [2.75, 3.05) is 0 Å². The lowest BCUT2D eigenvalue weighted by Gasteiger charge is -2.08. The SMILES string of the molecule is Cc1cccc(C(=O)NC(C)C#N)c1O. The van der Waals surface area contributed by atoms with E-state index in [-0.39, 0.29) is 11.3 Å². The molecule has 1 amide bonds. The molecule has 2 N–H and O–H groups in total. The van der Waals surface area contributed by atoms with Gasteiger partial charge in [0.2, 0.25) is 0 Å². The second-order valence-corrected chi connectivity index (χ2v) is 3.30. The molecule has 1 unspecified atom stereocenters. The highest BCUT2D eigenvalue weighted by Gasteiger charge is 2.13. The van der Waals surface area contributed by atoms with Gasteiger partial charge in [0.15, 0.2) is 0 Å². The molecule has 1 aromatic rings. The zero-order valence-electron chi connectivity index (χ0n) is 8.61. The van der Waals surface area contributed by atoms with Gasteiger partial charge in [0, 0.05) is 0 Å². The van der Waals surface area contributed by atoms with Crippen LogP contribution in [0.1, 0.15) is 22.8 Å². The molecule has 0 spiro atoms. The molecule has 4 nitrogen and oxygen atoms in total. The van der Waals surface area contributed by atoms with Gasteiger partial charge >= 0.3 is 0 Å². The van der Waals surface area contributed by atoms with Crippen LogP contribution in [0.2, 0.25) is 0 Å². The molecule has 1 rings (SSSR count). The van der Waals surface area contributed by atoms with Gasteiger partial charge in [-0.1, -0.05) is 12.1 Å². The molecule has 0 bridgehead atoms. The summed E-state index contributed by atoms with van der Waals surface area (Å²) in [6, 6.07) is 6.22. The summed E-state index contributed by atoms with van der Waals surface area (Å²) in [4.78, 5) is 11.6. The molecule has 15 heavy (non-hydrogen) atoms. The molecule has 0 heterocycles. The number of phenolic OH excluding ortho intramolecular Hbond substituents is 1. The summed E-state index contributed by atoms with van der Waals surface area (Å²) in [5, 5.41) is 20.6. The number of phenols is 1. The first-order valence-corrected chi connectivity index (χ1v) is 4.55. The molecule has 4 heteroatoms. The van der Waals surface area contributed by atoms with Crippen molar-refractivity contribution in [2.24, 2.45) is 0 Å². The van der Waals surface area contributed by atoms with Crippen LogP contribution in [0.5, 0.6) is 5.75 Å². The summed E-state index contributed by atoms with van der Waals surface area (Å²) in [7, 11) is 0. The van der Waals surface area contributed by atoms with Crippen LogP contribution in [0.3, 0.4) is 0 Å². The number of para-hydroxylation sites is 1. The van der Waals surface area contributed by atoms with E-state index in [1.54, 1.807) is 26.0 Å². The Morgan fingerprint density at radius 3 is 2.87 bits per heavy atom. The second kappa shape index (κ2) is 4.47. The van der Waals surface area contributed by atoms with E-state index in [1.165, 1.54) is 6.07 Å². The number of nitrogens with zero attached hydrogens (tertiary/aromatic N) is 1. The summed E-state index contributed by atoms with van der Waals surface area (Å²) in [5.74, 6) is -0.481. The Bertz CT molecular complexity index is 421. The van der Waals surface area contributed by atoms with Gasteiger partial charge < -0.3 is 10.4 Å². The Kier molecular flexibility index (Phi) is 3.29. The third-order valence-corrected chi connectivity index (χ3v) is 2.02. The first-order valence-electron chi connectivity index (χ1n) is 4.55. The average molecular weight is 204 g/mol. The zero-order chi connectivity index (χ0) is 11.4. The Morgan fingerprint density at radius 2 is 2.27 bits per heavy atom. The summed E-state index contributed by atoms with van der Waals surface area (Å²) >= 11 is 0. The zero-order valence-corrected chi connectivity index (χ0v) is 8.61. The van der Waals surface area contributed by atoms with E-state index in [9.17, 15) is 9.90 Å². The molecular formula is C11H12N2O2. The van der Waals surface area contributed by atoms with Crippen LogP contribution < -0.4 is 5.32 Å². The number of benzene rings is 1. The highest BCUT2D eigenvalue weighted by Crippen LogP contribution is 2.21. The summed E-state index contributed by atoms with van der Waals surface area (Å²) in [6.07, 6.45) is 0. The van der Waals surface area contributed by atoms with Crippen LogP contribution in [-0.2, 0) is 0 Å². The van der Waals surface area contributed by atoms with E-state index in [1.807, 2.05) is 6.07 Å². The van der Waals surface area contributed by atoms with Gasteiger partial charge in [-0.15, -0.1) is 0 Å². The highest BCUT2D eigenvalue weighted by molar-refractivity contribution is 5.97. The van der Waals surface area contributed by atoms with Crippen molar-refractivity contribution >= 4 is 5.91 Å². The molecule has 1 aromatic carbocycles. The lowest BCUT2D eigenvalue weighted by atomic mass is 10.1. The maximum absolute atomic E-state index is 11.6. The number of carbonyl (C=O) groups is 1. The lowest BCUT2D eigenvalue weighted by molar-refractivity contribution is 0.0945. The smallest absolute Gasteiger partial charge is 0.256 e. The minimum Gasteiger partial charge on any atom is -0.507 e. The van der Waals surface area contributed by atoms with Gasteiger partial charge in [-0.25, -0.2) is 0 Å². The standard InChI is InChI=1S/C11H12N2O2/c1-7-4-3-5-9(10(7)14)11(15)13-8(2)6-12/h3-5,8,14H,1-2H3,(H,13,15). The third kappa shape index (κ3) is 2.47. The number of nitrogens with one attached hydrogen (secondary N) is 1. The number of hydrogen-bond acceptors (Lipinski definition) is 3. The molecule has 0 aromatic heterocycles. The number of rotatable bonds is 2. The summed E-state index contributed by atoms with van der Waals surface area (Å²) in [6.45, 7) is 3.28. The molecule has 0 aliphatic heterocycles. The minimum atomic E-state index is -0.572. The van der Waals surface area contributed by atoms with Crippen LogP contribution in [0.15, 0.2) is 18.2 Å². The fourth-order valence-electron chi connectivity index (χ4n) is 1.15. The van der Waals surface area contributed by atoms with Crippen LogP contribution in [-0.4, -0.2) is 17.1 Å². The number of aromatic hydroxyl groups is 1. The number of carbonyl (C=O) groups excluding carboxylic acids is 1. The minimum absolute atomic E-state index is 0.0415. The van der Waals surface area contributed by atoms with E-state index >= 15 is 0 Å². The van der Waals surface area contributed by atoms with E-state index in [2.05, 4.69) is 5.32 Å². The van der Waals surface area contributed by atoms with Gasteiger partial charge in [-0.3, -0.25) is 4.79 Å². The van der Waals surface area contributed by atoms with Crippen molar-refractivity contribution in [3.8, 4) is 11.8 Å². The Balaban J connectivity index is 2.93. The fraction of sp³-hybridized carbons (Fsp3) is 0.273. The molecule has 0 saturated heterocycles. The molecule has 0 aliphatic carbocycles. The topological polar surface area (TPSA) is 73.1 Å². The normalized spacial score (nSPS) is 11.5. The largest absolute Gasteiger partial charge is 0.507 e. The molecule has 0 aliphatic rings. The fourth-order valence-corrected chi connectivity index (χ4v) is 1.15. The second-order valence-electron chi connectivity index (χ2n) is 3.30. The third-order valence-electron chi connectivity index (χ3n) is 2.02. The maximum Gasteiger partial charge on any atom is 0.256 e. The predicted molar refractivity (Wildman–Crippen MR) is 55.4 cm³/mol. The Labute approximate surface area is 88.2 Å². The maximum atomic E-state index is 11.6. The van der Waals surface area contributed by atoms with Crippen molar-refractivity contribution in [3.05, 3.63) is 29.3 Å². The van der Waals surface area contributed by atoms with Crippen molar-refractivity contribution in [1.82, 2.24) is 5.32 Å². The van der Waals surface area contributed by atoms with Gasteiger partial charge in [0.05, 0.1) is 11.6 Å². The highest BCUT2D eigenvalue weighted by atomic mass is 16.3. The first kappa shape index (κ1) is 11.1. The molecular weight excluding hydrogens is 192 g/mol. The van der Waals surface area contributed by atoms with Crippen LogP contribution in [0.4, 0.5) is 0 Å². The lowest BCUT2D eigenvalue weighted by Crippen LogP contribution is -2.31. The van der Waals surface area contributed by atoms with E-state index in [0.29, 0.717) is 5.56 Å². The van der Waals surface area contributed by atoms with Gasteiger partial charge in [0.25, 0.3) is 5.91 Å². The molecule has 0 saturated carbocycles. The molecule has 1 atom stereocenters. The predicted octanol–water partition coefficient (Wildman–Crippen LogP) is 1.34. The van der Waals surface area contributed by atoms with E-state index in [0.717, 1.165) is 0 Å². The number of hydrogen-bond donors (Lipinski definition) is 2. The van der Waals surface area contributed by atoms with E-state index in [4.69, 9.17) is 5.26 Å².